The lowest BCUT2D eigenvalue weighted by Crippen LogP contribution is -1.80. The lowest BCUT2D eigenvalue weighted by Gasteiger charge is -1.93. The number of aromatic nitrogens is 2. The summed E-state index contributed by atoms with van der Waals surface area (Å²) in [6.45, 7) is 0. The van der Waals surface area contributed by atoms with Crippen molar-refractivity contribution < 1.29 is 14.0 Å². The van der Waals surface area contributed by atoms with Crippen LogP contribution in [0, 0.1) is 0 Å². The van der Waals surface area contributed by atoms with Gasteiger partial charge in [-0.3, -0.25) is 0 Å². The van der Waals surface area contributed by atoms with E-state index in [-0.39, 0.29) is 5.75 Å². The van der Waals surface area contributed by atoms with Crippen molar-refractivity contribution in [3.05, 3.63) is 41.3 Å². The highest BCUT2D eigenvalue weighted by molar-refractivity contribution is 9.10. The van der Waals surface area contributed by atoms with Gasteiger partial charge >= 0.3 is 0 Å². The lowest BCUT2D eigenvalue weighted by molar-refractivity contribution is 0.430. The van der Waals surface area contributed by atoms with E-state index in [1.165, 1.54) is 6.26 Å². The Morgan fingerprint density at radius 2 is 1.89 bits per heavy atom. The van der Waals surface area contributed by atoms with Crippen LogP contribution in [0.3, 0.4) is 0 Å². The molecule has 0 saturated carbocycles. The molecular weight excluding hydrogens is 300 g/mol. The third-order valence-electron chi connectivity index (χ3n) is 2.40. The quantitative estimate of drug-likeness (QED) is 0.785. The van der Waals surface area contributed by atoms with Crippen molar-refractivity contribution >= 4 is 15.9 Å². The third kappa shape index (κ3) is 1.91. The number of phenolic OH excluding ortho intramolecular Hbond substituents is 1. The maximum absolute atomic E-state index is 9.21. The van der Waals surface area contributed by atoms with Gasteiger partial charge in [-0.15, -0.1) is 0 Å². The fourth-order valence-electron chi connectivity index (χ4n) is 1.51. The van der Waals surface area contributed by atoms with Crippen molar-refractivity contribution in [2.24, 2.45) is 0 Å². The number of halogens is 1. The molecule has 0 aliphatic carbocycles. The molecule has 90 valence electrons. The Bertz CT molecular complexity index is 673. The van der Waals surface area contributed by atoms with E-state index in [9.17, 15) is 5.11 Å². The van der Waals surface area contributed by atoms with Crippen molar-refractivity contribution in [1.82, 2.24) is 10.1 Å². The van der Waals surface area contributed by atoms with Crippen LogP contribution in [-0.4, -0.2) is 15.2 Å². The minimum absolute atomic E-state index is 0.194. The highest BCUT2D eigenvalue weighted by atomic mass is 79.9. The van der Waals surface area contributed by atoms with E-state index in [4.69, 9.17) is 8.94 Å². The first-order valence-electron chi connectivity index (χ1n) is 5.10. The van der Waals surface area contributed by atoms with Crippen LogP contribution in [0.15, 0.2) is 50.2 Å². The molecule has 0 unspecified atom stereocenters. The van der Waals surface area contributed by atoms with Crippen molar-refractivity contribution in [3.8, 4) is 28.6 Å². The highest BCUT2D eigenvalue weighted by Crippen LogP contribution is 2.29. The summed E-state index contributed by atoms with van der Waals surface area (Å²) in [5.74, 6) is 1.02. The molecule has 0 saturated heterocycles. The van der Waals surface area contributed by atoms with Crippen molar-refractivity contribution in [2.45, 2.75) is 0 Å². The van der Waals surface area contributed by atoms with Crippen molar-refractivity contribution in [2.75, 3.05) is 0 Å². The van der Waals surface area contributed by atoms with Crippen LogP contribution in [0.5, 0.6) is 5.75 Å². The maximum atomic E-state index is 9.21. The molecule has 3 aromatic rings. The van der Waals surface area contributed by atoms with E-state index in [0.29, 0.717) is 21.9 Å². The van der Waals surface area contributed by atoms with Crippen molar-refractivity contribution in [3.63, 3.8) is 0 Å². The normalized spacial score (nSPS) is 10.7. The molecule has 6 heteroatoms. The number of benzene rings is 1. The Hall–Kier alpha value is -2.08. The highest BCUT2D eigenvalue weighted by Gasteiger charge is 2.14. The van der Waals surface area contributed by atoms with Gasteiger partial charge in [-0.05, 0) is 46.3 Å². The van der Waals surface area contributed by atoms with Gasteiger partial charge in [0.15, 0.2) is 4.67 Å². The van der Waals surface area contributed by atoms with E-state index >= 15 is 0 Å². The molecule has 2 aromatic heterocycles. The molecule has 0 amide bonds. The van der Waals surface area contributed by atoms with Crippen LogP contribution in [0.1, 0.15) is 0 Å². The number of rotatable bonds is 2. The molecule has 5 nitrogen and oxygen atoms in total. The van der Waals surface area contributed by atoms with Gasteiger partial charge in [-0.1, -0.05) is 5.16 Å². The average Bonchev–Trinajstić information content (AvgIpc) is 2.98. The zero-order valence-corrected chi connectivity index (χ0v) is 10.6. The summed E-state index contributed by atoms with van der Waals surface area (Å²) in [7, 11) is 0. The largest absolute Gasteiger partial charge is 0.508 e. The minimum atomic E-state index is 0.194. The molecule has 1 aromatic carbocycles. The van der Waals surface area contributed by atoms with Crippen LogP contribution >= 0.6 is 15.9 Å². The first-order chi connectivity index (χ1) is 8.74. The maximum Gasteiger partial charge on any atom is 0.262 e. The predicted octanol–water partition coefficient (Wildman–Crippen LogP) is 3.46. The average molecular weight is 307 g/mol. The van der Waals surface area contributed by atoms with Gasteiger partial charge < -0.3 is 14.0 Å². The van der Waals surface area contributed by atoms with Crippen LogP contribution in [-0.2, 0) is 0 Å². The van der Waals surface area contributed by atoms with E-state index in [1.54, 1.807) is 30.3 Å². The van der Waals surface area contributed by atoms with E-state index in [2.05, 4.69) is 26.1 Å². The number of furan rings is 1. The summed E-state index contributed by atoms with van der Waals surface area (Å²) in [4.78, 5) is 4.26. The topological polar surface area (TPSA) is 72.3 Å². The summed E-state index contributed by atoms with van der Waals surface area (Å²) in [5, 5.41) is 13.1. The zero-order valence-electron chi connectivity index (χ0n) is 9.00. The molecule has 0 radical (unpaired) electrons. The molecule has 0 bridgehead atoms. The fourth-order valence-corrected chi connectivity index (χ4v) is 1.92. The Labute approximate surface area is 110 Å². The monoisotopic (exact) mass is 306 g/mol. The molecule has 3 rings (SSSR count). The van der Waals surface area contributed by atoms with Crippen LogP contribution in [0.25, 0.3) is 22.8 Å². The minimum Gasteiger partial charge on any atom is -0.508 e. The van der Waals surface area contributed by atoms with Gasteiger partial charge in [0, 0.05) is 5.56 Å². The second kappa shape index (κ2) is 4.30. The Kier molecular flexibility index (Phi) is 2.64. The number of aromatic hydroxyl groups is 1. The summed E-state index contributed by atoms with van der Waals surface area (Å²) < 4.78 is 10.8. The fraction of sp³-hybridized carbons (Fsp3) is 0. The van der Waals surface area contributed by atoms with Gasteiger partial charge in [0.25, 0.3) is 5.89 Å². The SMILES string of the molecule is Oc1ccc(-c2noc(-c3ccoc3Br)n2)cc1. The standard InChI is InChI=1S/C12H7BrN2O3/c13-10-9(5-6-17-10)12-14-11(15-18-12)7-1-3-8(16)4-2-7/h1-6,16H. The third-order valence-corrected chi connectivity index (χ3v) is 3.01. The number of phenols is 1. The summed E-state index contributed by atoms with van der Waals surface area (Å²) in [6.07, 6.45) is 1.53. The molecule has 1 N–H and O–H groups in total. The molecule has 2 heterocycles. The van der Waals surface area contributed by atoms with Gasteiger partial charge in [-0.25, -0.2) is 0 Å². The first-order valence-corrected chi connectivity index (χ1v) is 5.90. The molecule has 0 aliphatic rings. The summed E-state index contributed by atoms with van der Waals surface area (Å²) >= 11 is 3.25. The Balaban J connectivity index is 1.99. The number of hydrogen-bond acceptors (Lipinski definition) is 5. The molecule has 0 spiro atoms. The Morgan fingerprint density at radius 3 is 2.56 bits per heavy atom. The first kappa shape index (κ1) is 11.0. The van der Waals surface area contributed by atoms with E-state index < -0.39 is 0 Å². The Morgan fingerprint density at radius 1 is 1.11 bits per heavy atom. The molecule has 18 heavy (non-hydrogen) atoms. The summed E-state index contributed by atoms with van der Waals surface area (Å²) in [6, 6.07) is 8.30. The van der Waals surface area contributed by atoms with Gasteiger partial charge in [0.05, 0.1) is 11.8 Å². The molecule has 0 atom stereocenters. The lowest BCUT2D eigenvalue weighted by atomic mass is 10.2. The second-order valence-electron chi connectivity index (χ2n) is 3.58. The zero-order chi connectivity index (χ0) is 12.5. The number of hydrogen-bond donors (Lipinski definition) is 1. The predicted molar refractivity (Wildman–Crippen MR) is 66.8 cm³/mol. The molecule has 0 fully saturated rings. The van der Waals surface area contributed by atoms with Crippen LogP contribution < -0.4 is 0 Å². The smallest absolute Gasteiger partial charge is 0.262 e. The van der Waals surface area contributed by atoms with Crippen molar-refractivity contribution in [1.29, 1.82) is 0 Å². The van der Waals surface area contributed by atoms with Gasteiger partial charge in [-0.2, -0.15) is 4.98 Å². The summed E-state index contributed by atoms with van der Waals surface area (Å²) in [5.41, 5.74) is 1.47. The molecular formula is C12H7BrN2O3. The van der Waals surface area contributed by atoms with E-state index in [0.717, 1.165) is 5.56 Å². The van der Waals surface area contributed by atoms with Crippen LogP contribution in [0.4, 0.5) is 0 Å². The second-order valence-corrected chi connectivity index (χ2v) is 4.30. The van der Waals surface area contributed by atoms with E-state index in [1.807, 2.05) is 0 Å². The van der Waals surface area contributed by atoms with Crippen LogP contribution in [0.2, 0.25) is 0 Å². The van der Waals surface area contributed by atoms with Gasteiger partial charge in [0.2, 0.25) is 5.82 Å². The molecule has 0 aliphatic heterocycles. The number of nitrogens with zero attached hydrogens (tertiary/aromatic N) is 2. The van der Waals surface area contributed by atoms with Gasteiger partial charge in [0.1, 0.15) is 5.75 Å².